The molecule has 1 N–H and O–H groups in total. The number of nitrogens with zero attached hydrogens (tertiary/aromatic N) is 3. The van der Waals surface area contributed by atoms with Crippen molar-refractivity contribution in [1.82, 2.24) is 15.0 Å². The lowest BCUT2D eigenvalue weighted by Crippen LogP contribution is -2.37. The lowest BCUT2D eigenvalue weighted by atomic mass is 10.0. The second-order valence-corrected chi connectivity index (χ2v) is 5.11. The predicted octanol–water partition coefficient (Wildman–Crippen LogP) is 2.99. The summed E-state index contributed by atoms with van der Waals surface area (Å²) >= 11 is 6.11. The molecular formula is C13H15ClN4. The van der Waals surface area contributed by atoms with Crippen molar-refractivity contribution in [2.75, 3.05) is 11.2 Å². The van der Waals surface area contributed by atoms with Gasteiger partial charge in [-0.15, -0.1) is 11.6 Å². The maximum atomic E-state index is 6.11. The summed E-state index contributed by atoms with van der Waals surface area (Å²) in [5.41, 5.74) is 1.49. The summed E-state index contributed by atoms with van der Waals surface area (Å²) in [4.78, 5) is 12.9. The Morgan fingerprint density at radius 1 is 1.17 bits per heavy atom. The highest BCUT2D eigenvalue weighted by Gasteiger charge is 2.33. The van der Waals surface area contributed by atoms with Crippen molar-refractivity contribution in [2.45, 2.75) is 31.2 Å². The molecule has 3 rings (SSSR count). The van der Waals surface area contributed by atoms with Crippen LogP contribution in [0.3, 0.4) is 0 Å². The van der Waals surface area contributed by atoms with E-state index < -0.39 is 0 Å². The number of rotatable bonds is 3. The van der Waals surface area contributed by atoms with Crippen LogP contribution in [0.4, 0.5) is 5.82 Å². The van der Waals surface area contributed by atoms with Crippen molar-refractivity contribution < 1.29 is 0 Å². The lowest BCUT2D eigenvalue weighted by molar-refractivity contribution is 0.538. The molecule has 0 aliphatic heterocycles. The van der Waals surface area contributed by atoms with E-state index in [1.165, 1.54) is 12.8 Å². The summed E-state index contributed by atoms with van der Waals surface area (Å²) in [7, 11) is 0. The van der Waals surface area contributed by atoms with Gasteiger partial charge in [-0.1, -0.05) is 12.8 Å². The number of nitrogens with one attached hydrogen (secondary N) is 1. The van der Waals surface area contributed by atoms with Crippen LogP contribution in [-0.4, -0.2) is 26.4 Å². The Morgan fingerprint density at radius 2 is 1.94 bits per heavy atom. The van der Waals surface area contributed by atoms with E-state index in [9.17, 15) is 0 Å². The molecule has 2 heterocycles. The number of aromatic nitrogens is 3. The van der Waals surface area contributed by atoms with Crippen LogP contribution in [0.25, 0.3) is 11.2 Å². The van der Waals surface area contributed by atoms with Gasteiger partial charge in [-0.25, -0.2) is 9.97 Å². The molecule has 18 heavy (non-hydrogen) atoms. The van der Waals surface area contributed by atoms with Crippen molar-refractivity contribution in [2.24, 2.45) is 0 Å². The highest BCUT2D eigenvalue weighted by molar-refractivity contribution is 6.18. The molecule has 1 saturated carbocycles. The first-order valence-corrected chi connectivity index (χ1v) is 6.77. The average Bonchev–Trinajstić information content (AvgIpc) is 2.88. The second-order valence-electron chi connectivity index (χ2n) is 4.84. The zero-order valence-electron chi connectivity index (χ0n) is 10.1. The van der Waals surface area contributed by atoms with Crippen LogP contribution in [0.5, 0.6) is 0 Å². The number of pyridine rings is 1. The predicted molar refractivity (Wildman–Crippen MR) is 72.9 cm³/mol. The van der Waals surface area contributed by atoms with Crippen LogP contribution >= 0.6 is 11.6 Å². The molecule has 5 heteroatoms. The molecule has 1 aliphatic rings. The molecule has 1 aliphatic carbocycles. The summed E-state index contributed by atoms with van der Waals surface area (Å²) in [6, 6.07) is 3.89. The van der Waals surface area contributed by atoms with E-state index in [1.807, 2.05) is 12.1 Å². The van der Waals surface area contributed by atoms with Crippen molar-refractivity contribution >= 4 is 28.6 Å². The summed E-state index contributed by atoms with van der Waals surface area (Å²) < 4.78 is 0. The third-order valence-electron chi connectivity index (χ3n) is 3.54. The van der Waals surface area contributed by atoms with Crippen molar-refractivity contribution in [1.29, 1.82) is 0 Å². The van der Waals surface area contributed by atoms with Gasteiger partial charge in [0.05, 0.1) is 5.54 Å². The van der Waals surface area contributed by atoms with Gasteiger partial charge in [-0.2, -0.15) is 0 Å². The number of alkyl halides is 1. The fourth-order valence-corrected chi connectivity index (χ4v) is 2.87. The van der Waals surface area contributed by atoms with Crippen LogP contribution < -0.4 is 5.32 Å². The van der Waals surface area contributed by atoms with Gasteiger partial charge in [-0.05, 0) is 25.0 Å². The number of fused-ring (bicyclic) bond motifs is 1. The molecule has 94 valence electrons. The van der Waals surface area contributed by atoms with Gasteiger partial charge in [0.1, 0.15) is 11.3 Å². The molecule has 0 amide bonds. The van der Waals surface area contributed by atoms with Gasteiger partial charge in [0.15, 0.2) is 5.65 Å². The molecule has 2 aromatic rings. The zero-order valence-corrected chi connectivity index (χ0v) is 10.8. The minimum Gasteiger partial charge on any atom is -0.363 e. The molecule has 4 nitrogen and oxygen atoms in total. The third kappa shape index (κ3) is 2.12. The monoisotopic (exact) mass is 262 g/mol. The van der Waals surface area contributed by atoms with Crippen LogP contribution in [-0.2, 0) is 0 Å². The number of hydrogen-bond donors (Lipinski definition) is 1. The lowest BCUT2D eigenvalue weighted by Gasteiger charge is -2.28. The fourth-order valence-electron chi connectivity index (χ4n) is 2.54. The van der Waals surface area contributed by atoms with E-state index in [0.717, 1.165) is 24.2 Å². The zero-order chi connectivity index (χ0) is 12.4. The van der Waals surface area contributed by atoms with Crippen molar-refractivity contribution in [3.8, 4) is 0 Å². The Bertz CT molecular complexity index is 551. The molecule has 0 aromatic carbocycles. The molecule has 0 unspecified atom stereocenters. The Kier molecular flexibility index (Phi) is 3.04. The summed E-state index contributed by atoms with van der Waals surface area (Å²) in [5, 5.41) is 3.49. The van der Waals surface area contributed by atoms with Gasteiger partial charge >= 0.3 is 0 Å². The van der Waals surface area contributed by atoms with Gasteiger partial charge in [-0.3, -0.25) is 4.98 Å². The number of halogens is 1. The molecule has 0 radical (unpaired) electrons. The maximum Gasteiger partial charge on any atom is 0.180 e. The second kappa shape index (κ2) is 4.69. The number of hydrogen-bond acceptors (Lipinski definition) is 4. The Morgan fingerprint density at radius 3 is 2.72 bits per heavy atom. The van der Waals surface area contributed by atoms with E-state index in [4.69, 9.17) is 11.6 Å². The van der Waals surface area contributed by atoms with Gasteiger partial charge in [0, 0.05) is 18.3 Å². The maximum absolute atomic E-state index is 6.11. The SMILES string of the molecule is ClCC1(Nc2ccc3nccnc3n2)CCCC1. The Labute approximate surface area is 111 Å². The first-order chi connectivity index (χ1) is 8.81. The normalized spacial score (nSPS) is 18.1. The summed E-state index contributed by atoms with van der Waals surface area (Å²) in [6.45, 7) is 0. The van der Waals surface area contributed by atoms with Crippen LogP contribution in [0.15, 0.2) is 24.5 Å². The Balaban J connectivity index is 1.90. The fraction of sp³-hybridized carbons (Fsp3) is 0.462. The van der Waals surface area contributed by atoms with E-state index in [2.05, 4.69) is 20.3 Å². The Hall–Kier alpha value is -1.42. The first-order valence-electron chi connectivity index (χ1n) is 6.23. The van der Waals surface area contributed by atoms with E-state index in [-0.39, 0.29) is 5.54 Å². The van der Waals surface area contributed by atoms with E-state index >= 15 is 0 Å². The van der Waals surface area contributed by atoms with Crippen molar-refractivity contribution in [3.05, 3.63) is 24.5 Å². The highest BCUT2D eigenvalue weighted by Crippen LogP contribution is 2.33. The van der Waals surface area contributed by atoms with Gasteiger partial charge < -0.3 is 5.32 Å². The molecule has 0 saturated heterocycles. The topological polar surface area (TPSA) is 50.7 Å². The van der Waals surface area contributed by atoms with Crippen molar-refractivity contribution in [3.63, 3.8) is 0 Å². The van der Waals surface area contributed by atoms with Crippen LogP contribution in [0, 0.1) is 0 Å². The van der Waals surface area contributed by atoms with Gasteiger partial charge in [0.2, 0.25) is 0 Å². The molecular weight excluding hydrogens is 248 g/mol. The highest BCUT2D eigenvalue weighted by atomic mass is 35.5. The standard InChI is InChI=1S/C13H15ClN4/c14-9-13(5-1-2-6-13)18-11-4-3-10-12(17-11)16-8-7-15-10/h3-4,7-8H,1-2,5-6,9H2,(H,16,17,18). The molecule has 0 atom stereocenters. The third-order valence-corrected chi connectivity index (χ3v) is 4.05. The van der Waals surface area contributed by atoms with E-state index in [0.29, 0.717) is 11.5 Å². The minimum atomic E-state index is 0.00441. The van der Waals surface area contributed by atoms with Crippen LogP contribution in [0.1, 0.15) is 25.7 Å². The summed E-state index contributed by atoms with van der Waals surface area (Å²) in [5.74, 6) is 1.46. The summed E-state index contributed by atoms with van der Waals surface area (Å²) in [6.07, 6.45) is 8.01. The van der Waals surface area contributed by atoms with E-state index in [1.54, 1.807) is 12.4 Å². The minimum absolute atomic E-state index is 0.00441. The largest absolute Gasteiger partial charge is 0.363 e. The molecule has 1 fully saturated rings. The molecule has 2 aromatic heterocycles. The van der Waals surface area contributed by atoms with Crippen LogP contribution in [0.2, 0.25) is 0 Å². The molecule has 0 bridgehead atoms. The smallest absolute Gasteiger partial charge is 0.180 e. The average molecular weight is 263 g/mol. The molecule has 0 spiro atoms. The first kappa shape index (κ1) is 11.7. The number of anilines is 1. The quantitative estimate of drug-likeness (QED) is 0.864. The van der Waals surface area contributed by atoms with Gasteiger partial charge in [0.25, 0.3) is 0 Å².